The lowest BCUT2D eigenvalue weighted by molar-refractivity contribution is 0.329. The second-order valence-corrected chi connectivity index (χ2v) is 4.57. The van der Waals surface area contributed by atoms with Crippen LogP contribution in [0, 0.1) is 5.82 Å². The number of para-hydroxylation sites is 1. The van der Waals surface area contributed by atoms with Crippen molar-refractivity contribution in [2.24, 2.45) is 0 Å². The van der Waals surface area contributed by atoms with Crippen LogP contribution in [0.2, 0.25) is 0 Å². The van der Waals surface area contributed by atoms with E-state index in [1.807, 2.05) is 30.3 Å². The molecule has 0 saturated carbocycles. The zero-order valence-corrected chi connectivity index (χ0v) is 11.3. The highest BCUT2D eigenvalue weighted by Gasteiger charge is 2.02. The standard InChI is InChI=1S/C14H13BrFNO/c15-13-7-6-11(16)10-14(13)18-9-8-17-12-4-2-1-3-5-12/h1-7,10,17H,8-9H2. The van der Waals surface area contributed by atoms with Crippen molar-refractivity contribution in [3.8, 4) is 5.75 Å². The van der Waals surface area contributed by atoms with E-state index in [4.69, 9.17) is 4.74 Å². The number of halogens is 2. The first-order chi connectivity index (χ1) is 8.75. The van der Waals surface area contributed by atoms with Gasteiger partial charge < -0.3 is 10.1 Å². The predicted molar refractivity (Wildman–Crippen MR) is 74.5 cm³/mol. The van der Waals surface area contributed by atoms with Crippen LogP contribution in [0.15, 0.2) is 53.0 Å². The lowest BCUT2D eigenvalue weighted by atomic mass is 10.3. The molecular weight excluding hydrogens is 297 g/mol. The topological polar surface area (TPSA) is 21.3 Å². The molecular formula is C14H13BrFNO. The van der Waals surface area contributed by atoms with Gasteiger partial charge in [0.1, 0.15) is 18.2 Å². The van der Waals surface area contributed by atoms with Gasteiger partial charge in [-0.15, -0.1) is 0 Å². The first kappa shape index (κ1) is 12.9. The lowest BCUT2D eigenvalue weighted by Crippen LogP contribution is -2.11. The van der Waals surface area contributed by atoms with E-state index in [0.29, 0.717) is 18.9 Å². The maximum atomic E-state index is 13.0. The molecule has 2 aromatic carbocycles. The monoisotopic (exact) mass is 309 g/mol. The van der Waals surface area contributed by atoms with Crippen molar-refractivity contribution in [2.75, 3.05) is 18.5 Å². The Labute approximate surface area is 114 Å². The highest BCUT2D eigenvalue weighted by molar-refractivity contribution is 9.10. The second kappa shape index (κ2) is 6.40. The molecule has 0 aromatic heterocycles. The maximum Gasteiger partial charge on any atom is 0.136 e. The van der Waals surface area contributed by atoms with Crippen molar-refractivity contribution in [1.29, 1.82) is 0 Å². The molecule has 0 radical (unpaired) electrons. The van der Waals surface area contributed by atoms with Gasteiger partial charge in [-0.25, -0.2) is 4.39 Å². The van der Waals surface area contributed by atoms with E-state index in [2.05, 4.69) is 21.2 Å². The van der Waals surface area contributed by atoms with Crippen molar-refractivity contribution in [2.45, 2.75) is 0 Å². The van der Waals surface area contributed by atoms with Gasteiger partial charge in [-0.2, -0.15) is 0 Å². The summed E-state index contributed by atoms with van der Waals surface area (Å²) in [5, 5.41) is 3.21. The fourth-order valence-electron chi connectivity index (χ4n) is 1.50. The van der Waals surface area contributed by atoms with Gasteiger partial charge in [0.2, 0.25) is 0 Å². The summed E-state index contributed by atoms with van der Waals surface area (Å²) in [7, 11) is 0. The number of benzene rings is 2. The normalized spacial score (nSPS) is 10.1. The summed E-state index contributed by atoms with van der Waals surface area (Å²) in [6, 6.07) is 14.3. The van der Waals surface area contributed by atoms with Crippen molar-refractivity contribution >= 4 is 21.6 Å². The third kappa shape index (κ3) is 3.74. The van der Waals surface area contributed by atoms with Gasteiger partial charge in [0, 0.05) is 18.3 Å². The van der Waals surface area contributed by atoms with Gasteiger partial charge in [0.25, 0.3) is 0 Å². The first-order valence-electron chi connectivity index (χ1n) is 5.62. The van der Waals surface area contributed by atoms with Crippen LogP contribution in [0.25, 0.3) is 0 Å². The zero-order chi connectivity index (χ0) is 12.8. The fraction of sp³-hybridized carbons (Fsp3) is 0.143. The molecule has 2 rings (SSSR count). The molecule has 0 heterocycles. The Balaban J connectivity index is 1.80. The Morgan fingerprint density at radius 1 is 1.11 bits per heavy atom. The average Bonchev–Trinajstić information content (AvgIpc) is 2.40. The van der Waals surface area contributed by atoms with Crippen LogP contribution in [0.5, 0.6) is 5.75 Å². The Kier molecular flexibility index (Phi) is 4.59. The number of rotatable bonds is 5. The van der Waals surface area contributed by atoms with E-state index in [9.17, 15) is 4.39 Å². The number of ether oxygens (including phenoxy) is 1. The molecule has 18 heavy (non-hydrogen) atoms. The van der Waals surface area contributed by atoms with Gasteiger partial charge in [0.15, 0.2) is 0 Å². The fourth-order valence-corrected chi connectivity index (χ4v) is 1.86. The molecule has 2 nitrogen and oxygen atoms in total. The van der Waals surface area contributed by atoms with E-state index >= 15 is 0 Å². The van der Waals surface area contributed by atoms with E-state index in [1.54, 1.807) is 6.07 Å². The van der Waals surface area contributed by atoms with Crippen molar-refractivity contribution in [3.05, 3.63) is 58.8 Å². The number of hydrogen-bond acceptors (Lipinski definition) is 2. The van der Waals surface area contributed by atoms with Crippen LogP contribution in [0.3, 0.4) is 0 Å². The molecule has 0 aliphatic rings. The number of hydrogen-bond donors (Lipinski definition) is 1. The highest BCUT2D eigenvalue weighted by atomic mass is 79.9. The summed E-state index contributed by atoms with van der Waals surface area (Å²) in [4.78, 5) is 0. The predicted octanol–water partition coefficient (Wildman–Crippen LogP) is 4.08. The van der Waals surface area contributed by atoms with Crippen LogP contribution in [0.1, 0.15) is 0 Å². The third-order valence-electron chi connectivity index (χ3n) is 2.36. The molecule has 0 bridgehead atoms. The molecule has 4 heteroatoms. The average molecular weight is 310 g/mol. The lowest BCUT2D eigenvalue weighted by Gasteiger charge is -2.09. The number of anilines is 1. The van der Waals surface area contributed by atoms with Crippen molar-refractivity contribution < 1.29 is 9.13 Å². The van der Waals surface area contributed by atoms with E-state index in [1.165, 1.54) is 12.1 Å². The van der Waals surface area contributed by atoms with Crippen molar-refractivity contribution in [3.63, 3.8) is 0 Å². The Hall–Kier alpha value is -1.55. The molecule has 0 fully saturated rings. The summed E-state index contributed by atoms with van der Waals surface area (Å²) < 4.78 is 19.2. The molecule has 2 aromatic rings. The molecule has 0 saturated heterocycles. The maximum absolute atomic E-state index is 13.0. The van der Waals surface area contributed by atoms with Gasteiger partial charge in [-0.05, 0) is 40.2 Å². The molecule has 0 spiro atoms. The minimum absolute atomic E-state index is 0.302. The van der Waals surface area contributed by atoms with Gasteiger partial charge in [-0.3, -0.25) is 0 Å². The van der Waals surface area contributed by atoms with Crippen LogP contribution < -0.4 is 10.1 Å². The van der Waals surface area contributed by atoms with Crippen LogP contribution in [0.4, 0.5) is 10.1 Å². The third-order valence-corrected chi connectivity index (χ3v) is 3.01. The summed E-state index contributed by atoms with van der Waals surface area (Å²) >= 11 is 3.32. The van der Waals surface area contributed by atoms with E-state index < -0.39 is 0 Å². The van der Waals surface area contributed by atoms with Crippen LogP contribution >= 0.6 is 15.9 Å². The SMILES string of the molecule is Fc1ccc(Br)c(OCCNc2ccccc2)c1. The second-order valence-electron chi connectivity index (χ2n) is 3.72. The van der Waals surface area contributed by atoms with Gasteiger partial charge in [-0.1, -0.05) is 18.2 Å². The summed E-state index contributed by atoms with van der Waals surface area (Å²) in [6.45, 7) is 1.13. The van der Waals surface area contributed by atoms with Crippen LogP contribution in [-0.4, -0.2) is 13.2 Å². The molecule has 0 amide bonds. The van der Waals surface area contributed by atoms with Gasteiger partial charge >= 0.3 is 0 Å². The van der Waals surface area contributed by atoms with E-state index in [-0.39, 0.29) is 5.82 Å². The Morgan fingerprint density at radius 2 is 1.89 bits per heavy atom. The largest absolute Gasteiger partial charge is 0.490 e. The summed E-state index contributed by atoms with van der Waals surface area (Å²) in [6.07, 6.45) is 0. The first-order valence-corrected chi connectivity index (χ1v) is 6.42. The molecule has 0 unspecified atom stereocenters. The Morgan fingerprint density at radius 3 is 2.67 bits per heavy atom. The molecule has 94 valence electrons. The number of nitrogens with one attached hydrogen (secondary N) is 1. The molecule has 1 N–H and O–H groups in total. The zero-order valence-electron chi connectivity index (χ0n) is 9.70. The smallest absolute Gasteiger partial charge is 0.136 e. The summed E-state index contributed by atoms with van der Waals surface area (Å²) in [5.74, 6) is 0.217. The van der Waals surface area contributed by atoms with E-state index in [0.717, 1.165) is 10.2 Å². The molecule has 0 aliphatic carbocycles. The van der Waals surface area contributed by atoms with Crippen LogP contribution in [-0.2, 0) is 0 Å². The van der Waals surface area contributed by atoms with Crippen molar-refractivity contribution in [1.82, 2.24) is 0 Å². The summed E-state index contributed by atoms with van der Waals surface area (Å²) in [5.41, 5.74) is 1.04. The Bertz CT molecular complexity index is 504. The minimum Gasteiger partial charge on any atom is -0.490 e. The quantitative estimate of drug-likeness (QED) is 0.840. The minimum atomic E-state index is -0.302. The molecule has 0 atom stereocenters. The molecule has 0 aliphatic heterocycles. The highest BCUT2D eigenvalue weighted by Crippen LogP contribution is 2.25. The van der Waals surface area contributed by atoms with Gasteiger partial charge in [0.05, 0.1) is 4.47 Å².